The van der Waals surface area contributed by atoms with Crippen LogP contribution in [0.1, 0.15) is 106 Å². The lowest BCUT2D eigenvalue weighted by atomic mass is 9.32. The third-order valence-electron chi connectivity index (χ3n) is 13.5. The Balaban J connectivity index is 1.55. The summed E-state index contributed by atoms with van der Waals surface area (Å²) in [7, 11) is 0. The van der Waals surface area contributed by atoms with Crippen molar-refractivity contribution in [2.24, 2.45) is 56.7 Å². The Bertz CT molecular complexity index is 786. The molecular weight excluding hydrogens is 392 g/mol. The summed E-state index contributed by atoms with van der Waals surface area (Å²) in [4.78, 5) is 0. The highest BCUT2D eigenvalue weighted by atomic mass is 16.3. The highest BCUT2D eigenvalue weighted by Gasteiger charge is 2.70. The van der Waals surface area contributed by atoms with Crippen LogP contribution < -0.4 is 0 Å². The molecule has 0 radical (unpaired) electrons. The molecule has 0 bridgehead atoms. The quantitative estimate of drug-likeness (QED) is 0.452. The van der Waals surface area contributed by atoms with E-state index in [0.29, 0.717) is 40.6 Å². The number of aliphatic hydroxyl groups is 2. The second-order valence-corrected chi connectivity index (χ2v) is 14.6. The summed E-state index contributed by atoms with van der Waals surface area (Å²) >= 11 is 0. The molecule has 10 unspecified atom stereocenters. The van der Waals surface area contributed by atoms with E-state index in [-0.39, 0.29) is 16.9 Å². The van der Waals surface area contributed by atoms with Crippen LogP contribution in [0, 0.1) is 56.7 Å². The van der Waals surface area contributed by atoms with Crippen LogP contribution >= 0.6 is 0 Å². The van der Waals surface area contributed by atoms with Gasteiger partial charge in [0.2, 0.25) is 0 Å². The van der Waals surface area contributed by atoms with E-state index in [1.807, 2.05) is 0 Å². The standard InChI is InChI=1S/C30H50O2/c1-19(2)20-10-15-30(18-31)17-16-28(6)21(25(20)30)8-9-23-27(5)13-12-24(32)26(3,4)22(27)11-14-29(23,28)7/h20-25,31-32H,1,8-18H2,2-7H3. The molecule has 5 fully saturated rings. The predicted molar refractivity (Wildman–Crippen MR) is 132 cm³/mol. The normalized spacial score (nSPS) is 56.5. The van der Waals surface area contributed by atoms with Crippen molar-refractivity contribution in [3.8, 4) is 0 Å². The van der Waals surface area contributed by atoms with Gasteiger partial charge in [-0.2, -0.15) is 0 Å². The summed E-state index contributed by atoms with van der Waals surface area (Å²) in [5, 5.41) is 21.5. The molecule has 0 aromatic heterocycles. The zero-order valence-electron chi connectivity index (χ0n) is 21.8. The van der Waals surface area contributed by atoms with E-state index in [1.54, 1.807) is 0 Å². The van der Waals surface area contributed by atoms with Gasteiger partial charge in [0, 0.05) is 6.61 Å². The summed E-state index contributed by atoms with van der Waals surface area (Å²) in [5.74, 6) is 3.33. The van der Waals surface area contributed by atoms with Crippen LogP contribution in [-0.2, 0) is 0 Å². The summed E-state index contributed by atoms with van der Waals surface area (Å²) < 4.78 is 0. The number of hydrogen-bond acceptors (Lipinski definition) is 2. The SMILES string of the molecule is C=C(C)C1CCC2(CO)CCC3(C)C(CCC4C5(C)CCC(O)C(C)(C)C5CCC43C)C12. The Morgan fingerprint density at radius 3 is 2.19 bits per heavy atom. The average Bonchev–Trinajstić information content (AvgIpc) is 3.12. The van der Waals surface area contributed by atoms with Gasteiger partial charge < -0.3 is 10.2 Å². The van der Waals surface area contributed by atoms with Gasteiger partial charge in [-0.15, -0.1) is 0 Å². The molecule has 0 heterocycles. The van der Waals surface area contributed by atoms with Crippen molar-refractivity contribution in [3.05, 3.63) is 12.2 Å². The first-order valence-corrected chi connectivity index (χ1v) is 13.8. The molecule has 0 saturated heterocycles. The van der Waals surface area contributed by atoms with Crippen LogP contribution in [-0.4, -0.2) is 22.9 Å². The Kier molecular flexibility index (Phi) is 5.19. The lowest BCUT2D eigenvalue weighted by molar-refractivity contribution is -0.249. The minimum absolute atomic E-state index is 0.0290. The van der Waals surface area contributed by atoms with Crippen molar-refractivity contribution >= 4 is 0 Å². The first-order valence-electron chi connectivity index (χ1n) is 13.8. The summed E-state index contributed by atoms with van der Waals surface area (Å²) in [6.07, 6.45) is 12.2. The molecule has 32 heavy (non-hydrogen) atoms. The van der Waals surface area contributed by atoms with E-state index >= 15 is 0 Å². The minimum atomic E-state index is -0.147. The van der Waals surface area contributed by atoms with E-state index in [9.17, 15) is 10.2 Å². The minimum Gasteiger partial charge on any atom is -0.396 e. The molecule has 5 rings (SSSR count). The van der Waals surface area contributed by atoms with Crippen LogP contribution in [0.3, 0.4) is 0 Å². The molecule has 0 aromatic carbocycles. The van der Waals surface area contributed by atoms with Gasteiger partial charge in [-0.3, -0.25) is 0 Å². The number of allylic oxidation sites excluding steroid dienone is 1. The lowest BCUT2D eigenvalue weighted by Gasteiger charge is -2.73. The zero-order valence-corrected chi connectivity index (χ0v) is 21.8. The molecule has 0 aromatic rings. The highest BCUT2D eigenvalue weighted by Crippen LogP contribution is 2.77. The van der Waals surface area contributed by atoms with Crippen molar-refractivity contribution in [3.63, 3.8) is 0 Å². The van der Waals surface area contributed by atoms with Crippen molar-refractivity contribution < 1.29 is 10.2 Å². The number of rotatable bonds is 2. The fourth-order valence-corrected chi connectivity index (χ4v) is 11.5. The molecule has 0 spiro atoms. The Labute approximate surface area is 197 Å². The van der Waals surface area contributed by atoms with Gasteiger partial charge in [0.05, 0.1) is 6.10 Å². The van der Waals surface area contributed by atoms with E-state index in [1.165, 1.54) is 63.4 Å². The van der Waals surface area contributed by atoms with Crippen molar-refractivity contribution in [2.45, 2.75) is 112 Å². The topological polar surface area (TPSA) is 40.5 Å². The number of fused-ring (bicyclic) bond motifs is 7. The third-order valence-corrected chi connectivity index (χ3v) is 13.5. The summed E-state index contributed by atoms with van der Waals surface area (Å²) in [6, 6.07) is 0. The molecule has 2 heteroatoms. The monoisotopic (exact) mass is 442 g/mol. The smallest absolute Gasteiger partial charge is 0.0594 e. The van der Waals surface area contributed by atoms with Crippen LogP contribution in [0.5, 0.6) is 0 Å². The van der Waals surface area contributed by atoms with E-state index in [2.05, 4.69) is 48.1 Å². The van der Waals surface area contributed by atoms with Crippen molar-refractivity contribution in [1.82, 2.24) is 0 Å². The maximum Gasteiger partial charge on any atom is 0.0594 e. The third kappa shape index (κ3) is 2.66. The molecular formula is C30H50O2. The number of aliphatic hydroxyl groups excluding tert-OH is 2. The van der Waals surface area contributed by atoms with Gasteiger partial charge in [-0.25, -0.2) is 0 Å². The summed E-state index contributed by atoms with van der Waals surface area (Å²) in [5.41, 5.74) is 2.60. The average molecular weight is 443 g/mol. The first kappa shape index (κ1) is 23.4. The fraction of sp³-hybridized carbons (Fsp3) is 0.933. The van der Waals surface area contributed by atoms with E-state index in [4.69, 9.17) is 0 Å². The Hall–Kier alpha value is -0.340. The maximum atomic E-state index is 10.9. The Morgan fingerprint density at radius 1 is 0.812 bits per heavy atom. The predicted octanol–water partition coefficient (Wildman–Crippen LogP) is 7.00. The van der Waals surface area contributed by atoms with Crippen LogP contribution in [0.25, 0.3) is 0 Å². The van der Waals surface area contributed by atoms with Crippen LogP contribution in [0.4, 0.5) is 0 Å². The molecule has 2 nitrogen and oxygen atoms in total. The molecule has 5 aliphatic rings. The molecule has 0 amide bonds. The first-order chi connectivity index (χ1) is 14.9. The van der Waals surface area contributed by atoms with E-state index in [0.717, 1.165) is 18.3 Å². The van der Waals surface area contributed by atoms with Gasteiger partial charge in [0.1, 0.15) is 0 Å². The highest BCUT2D eigenvalue weighted by molar-refractivity contribution is 5.21. The Morgan fingerprint density at radius 2 is 1.53 bits per heavy atom. The zero-order chi connectivity index (χ0) is 23.3. The molecule has 5 saturated carbocycles. The summed E-state index contributed by atoms with van der Waals surface area (Å²) in [6.45, 7) is 19.7. The molecule has 10 atom stereocenters. The largest absolute Gasteiger partial charge is 0.396 e. The second-order valence-electron chi connectivity index (χ2n) is 14.6. The lowest BCUT2D eigenvalue weighted by Crippen LogP contribution is -2.66. The molecule has 5 aliphatic carbocycles. The molecule has 182 valence electrons. The van der Waals surface area contributed by atoms with Gasteiger partial charge in [0.25, 0.3) is 0 Å². The van der Waals surface area contributed by atoms with Gasteiger partial charge >= 0.3 is 0 Å². The number of hydrogen-bond donors (Lipinski definition) is 2. The van der Waals surface area contributed by atoms with E-state index < -0.39 is 0 Å². The fourth-order valence-electron chi connectivity index (χ4n) is 11.5. The van der Waals surface area contributed by atoms with Crippen LogP contribution in [0.15, 0.2) is 12.2 Å². The van der Waals surface area contributed by atoms with Crippen molar-refractivity contribution in [1.29, 1.82) is 0 Å². The maximum absolute atomic E-state index is 10.9. The van der Waals surface area contributed by atoms with Crippen molar-refractivity contribution in [2.75, 3.05) is 6.61 Å². The van der Waals surface area contributed by atoms with Gasteiger partial charge in [-0.1, -0.05) is 46.8 Å². The van der Waals surface area contributed by atoms with Gasteiger partial charge in [-0.05, 0) is 128 Å². The molecule has 2 N–H and O–H groups in total. The second kappa shape index (κ2) is 7.09. The molecule has 0 aliphatic heterocycles. The van der Waals surface area contributed by atoms with Gasteiger partial charge in [0.15, 0.2) is 0 Å². The van der Waals surface area contributed by atoms with Crippen LogP contribution in [0.2, 0.25) is 0 Å².